The first-order valence-corrected chi connectivity index (χ1v) is 8.66. The minimum absolute atomic E-state index is 0.0320. The van der Waals surface area contributed by atoms with E-state index in [2.05, 4.69) is 14.6 Å². The maximum absolute atomic E-state index is 12.6. The average Bonchev–Trinajstić information content (AvgIpc) is 2.81. The standard InChI is InChI=1S/C15H19N3O5S/c1-5-23-11-6-8-12(9-7-11)24(20,21)17-13-10(2)16-18(3)14(13)15(19)22-4/h6-9,17H,5H2,1-4H3. The van der Waals surface area contributed by atoms with E-state index in [1.54, 1.807) is 19.1 Å². The van der Waals surface area contributed by atoms with Crippen molar-refractivity contribution in [1.82, 2.24) is 9.78 Å². The lowest BCUT2D eigenvalue weighted by atomic mass is 10.3. The van der Waals surface area contributed by atoms with Crippen molar-refractivity contribution in [2.75, 3.05) is 18.4 Å². The van der Waals surface area contributed by atoms with Crippen LogP contribution < -0.4 is 9.46 Å². The molecule has 0 aliphatic carbocycles. The van der Waals surface area contributed by atoms with Crippen LogP contribution in [0.15, 0.2) is 29.2 Å². The topological polar surface area (TPSA) is 99.5 Å². The fraction of sp³-hybridized carbons (Fsp3) is 0.333. The monoisotopic (exact) mass is 353 g/mol. The molecule has 24 heavy (non-hydrogen) atoms. The number of aromatic nitrogens is 2. The molecule has 8 nitrogen and oxygen atoms in total. The van der Waals surface area contributed by atoms with E-state index in [1.807, 2.05) is 6.92 Å². The van der Waals surface area contributed by atoms with Crippen LogP contribution in [0.2, 0.25) is 0 Å². The molecule has 0 saturated heterocycles. The minimum atomic E-state index is -3.89. The third kappa shape index (κ3) is 3.51. The van der Waals surface area contributed by atoms with E-state index in [1.165, 1.54) is 31.0 Å². The van der Waals surface area contributed by atoms with Crippen molar-refractivity contribution in [1.29, 1.82) is 0 Å². The molecule has 9 heteroatoms. The zero-order chi connectivity index (χ0) is 17.9. The molecule has 2 rings (SSSR count). The number of esters is 1. The molecule has 2 aromatic rings. The Balaban J connectivity index is 2.38. The third-order valence-corrected chi connectivity index (χ3v) is 4.65. The number of hydrogen-bond acceptors (Lipinski definition) is 6. The van der Waals surface area contributed by atoms with Crippen LogP contribution in [0.25, 0.3) is 0 Å². The Morgan fingerprint density at radius 1 is 1.29 bits per heavy atom. The van der Waals surface area contributed by atoms with Crippen LogP contribution in [0.3, 0.4) is 0 Å². The van der Waals surface area contributed by atoms with Gasteiger partial charge in [0.1, 0.15) is 11.4 Å². The Bertz CT molecular complexity index is 841. The normalized spacial score (nSPS) is 11.2. The molecular formula is C15H19N3O5S. The van der Waals surface area contributed by atoms with Crippen molar-refractivity contribution in [3.8, 4) is 5.75 Å². The lowest BCUT2D eigenvalue weighted by Crippen LogP contribution is -2.17. The summed E-state index contributed by atoms with van der Waals surface area (Å²) in [5.74, 6) is -0.105. The van der Waals surface area contributed by atoms with Gasteiger partial charge in [0.2, 0.25) is 0 Å². The van der Waals surface area contributed by atoms with E-state index in [0.717, 1.165) is 0 Å². The number of methoxy groups -OCH3 is 1. The van der Waals surface area contributed by atoms with Crippen LogP contribution >= 0.6 is 0 Å². The van der Waals surface area contributed by atoms with Crippen molar-refractivity contribution >= 4 is 21.7 Å². The fourth-order valence-electron chi connectivity index (χ4n) is 2.19. The molecule has 0 saturated carbocycles. The smallest absolute Gasteiger partial charge is 0.358 e. The first kappa shape index (κ1) is 17.8. The van der Waals surface area contributed by atoms with Crippen LogP contribution in [0.4, 0.5) is 5.69 Å². The highest BCUT2D eigenvalue weighted by atomic mass is 32.2. The summed E-state index contributed by atoms with van der Waals surface area (Å²) in [6.45, 7) is 3.93. The van der Waals surface area contributed by atoms with Gasteiger partial charge in [0.15, 0.2) is 5.69 Å². The SMILES string of the molecule is CCOc1ccc(S(=O)(=O)Nc2c(C)nn(C)c2C(=O)OC)cc1. The first-order chi connectivity index (χ1) is 11.3. The summed E-state index contributed by atoms with van der Waals surface area (Å²) in [4.78, 5) is 11.9. The summed E-state index contributed by atoms with van der Waals surface area (Å²) in [7, 11) is -1.13. The van der Waals surface area contributed by atoms with E-state index >= 15 is 0 Å². The van der Waals surface area contributed by atoms with Gasteiger partial charge in [0.05, 0.1) is 24.3 Å². The van der Waals surface area contributed by atoms with E-state index in [-0.39, 0.29) is 16.3 Å². The van der Waals surface area contributed by atoms with E-state index in [0.29, 0.717) is 18.1 Å². The molecule has 1 heterocycles. The van der Waals surface area contributed by atoms with Crippen LogP contribution in [0, 0.1) is 6.92 Å². The zero-order valence-corrected chi connectivity index (χ0v) is 14.7. The second-order valence-electron chi connectivity index (χ2n) is 4.93. The van der Waals surface area contributed by atoms with Gasteiger partial charge < -0.3 is 9.47 Å². The number of rotatable bonds is 6. The highest BCUT2D eigenvalue weighted by Crippen LogP contribution is 2.25. The maximum atomic E-state index is 12.6. The number of aryl methyl sites for hydroxylation is 2. The van der Waals surface area contributed by atoms with Gasteiger partial charge in [0, 0.05) is 7.05 Å². The molecule has 0 aliphatic heterocycles. The molecule has 130 valence electrons. The van der Waals surface area contributed by atoms with E-state index < -0.39 is 16.0 Å². The number of carbonyl (C=O) groups excluding carboxylic acids is 1. The number of sulfonamides is 1. The highest BCUT2D eigenvalue weighted by Gasteiger charge is 2.25. The summed E-state index contributed by atoms with van der Waals surface area (Å²) >= 11 is 0. The van der Waals surface area contributed by atoms with Gasteiger partial charge in [-0.1, -0.05) is 0 Å². The summed E-state index contributed by atoms with van der Waals surface area (Å²) in [6, 6.07) is 5.98. The quantitative estimate of drug-likeness (QED) is 0.794. The molecule has 0 aliphatic rings. The molecule has 1 aromatic carbocycles. The minimum Gasteiger partial charge on any atom is -0.494 e. The Morgan fingerprint density at radius 2 is 1.92 bits per heavy atom. The lowest BCUT2D eigenvalue weighted by molar-refractivity contribution is 0.0589. The van der Waals surface area contributed by atoms with Crippen LogP contribution in [0.5, 0.6) is 5.75 Å². The van der Waals surface area contributed by atoms with Gasteiger partial charge in [-0.25, -0.2) is 13.2 Å². The fourth-order valence-corrected chi connectivity index (χ4v) is 3.31. The second kappa shape index (κ2) is 6.91. The van der Waals surface area contributed by atoms with Crippen molar-refractivity contribution < 1.29 is 22.7 Å². The molecule has 0 atom stereocenters. The number of nitrogens with one attached hydrogen (secondary N) is 1. The summed E-state index contributed by atoms with van der Waals surface area (Å²) in [5, 5.41) is 4.07. The number of carbonyl (C=O) groups is 1. The number of benzene rings is 1. The number of nitrogens with zero attached hydrogens (tertiary/aromatic N) is 2. The van der Waals surface area contributed by atoms with Crippen LogP contribution in [-0.2, 0) is 21.8 Å². The predicted molar refractivity (Wildman–Crippen MR) is 87.7 cm³/mol. The van der Waals surface area contributed by atoms with Gasteiger partial charge in [-0.05, 0) is 38.1 Å². The van der Waals surface area contributed by atoms with E-state index in [4.69, 9.17) is 4.74 Å². The van der Waals surface area contributed by atoms with E-state index in [9.17, 15) is 13.2 Å². The molecule has 0 amide bonds. The van der Waals surface area contributed by atoms with Crippen molar-refractivity contribution in [3.63, 3.8) is 0 Å². The van der Waals surface area contributed by atoms with Crippen molar-refractivity contribution in [2.24, 2.45) is 7.05 Å². The summed E-state index contributed by atoms with van der Waals surface area (Å²) in [5.41, 5.74) is 0.496. The van der Waals surface area contributed by atoms with Gasteiger partial charge in [-0.15, -0.1) is 0 Å². The molecule has 1 N–H and O–H groups in total. The van der Waals surface area contributed by atoms with Gasteiger partial charge in [-0.2, -0.15) is 5.10 Å². The largest absolute Gasteiger partial charge is 0.494 e. The molecule has 0 spiro atoms. The van der Waals surface area contributed by atoms with Crippen molar-refractivity contribution in [3.05, 3.63) is 35.7 Å². The second-order valence-corrected chi connectivity index (χ2v) is 6.62. The molecule has 0 bridgehead atoms. The molecule has 0 radical (unpaired) electrons. The third-order valence-electron chi connectivity index (χ3n) is 3.28. The van der Waals surface area contributed by atoms with Crippen LogP contribution in [-0.4, -0.2) is 37.9 Å². The Labute approximate surface area is 140 Å². The average molecular weight is 353 g/mol. The predicted octanol–water partition coefficient (Wildman–Crippen LogP) is 1.71. The van der Waals surface area contributed by atoms with Crippen molar-refractivity contribution in [2.45, 2.75) is 18.7 Å². The Morgan fingerprint density at radius 3 is 2.46 bits per heavy atom. The zero-order valence-electron chi connectivity index (χ0n) is 13.9. The lowest BCUT2D eigenvalue weighted by Gasteiger charge is -2.10. The summed E-state index contributed by atoms with van der Waals surface area (Å²) < 4.78 is 38.8. The van der Waals surface area contributed by atoms with Gasteiger partial charge >= 0.3 is 5.97 Å². The number of hydrogen-bond donors (Lipinski definition) is 1. The number of ether oxygens (including phenoxy) is 2. The maximum Gasteiger partial charge on any atom is 0.358 e. The molecular weight excluding hydrogens is 334 g/mol. The number of anilines is 1. The first-order valence-electron chi connectivity index (χ1n) is 7.17. The highest BCUT2D eigenvalue weighted by molar-refractivity contribution is 7.92. The Hall–Kier alpha value is -2.55. The van der Waals surface area contributed by atoms with Crippen LogP contribution in [0.1, 0.15) is 23.1 Å². The molecule has 0 fully saturated rings. The Kier molecular flexibility index (Phi) is 5.13. The van der Waals surface area contributed by atoms with Gasteiger partial charge in [0.25, 0.3) is 10.0 Å². The molecule has 1 aromatic heterocycles. The van der Waals surface area contributed by atoms with Gasteiger partial charge in [-0.3, -0.25) is 9.40 Å². The molecule has 0 unspecified atom stereocenters. The summed E-state index contributed by atoms with van der Waals surface area (Å²) in [6.07, 6.45) is 0.